The average molecular weight is 291 g/mol. The van der Waals surface area contributed by atoms with Crippen molar-refractivity contribution in [1.29, 1.82) is 5.26 Å². The molecule has 2 aromatic carbocycles. The molecule has 0 aliphatic heterocycles. The summed E-state index contributed by atoms with van der Waals surface area (Å²) >= 11 is 0. The van der Waals surface area contributed by atoms with Crippen LogP contribution in [0.15, 0.2) is 54.7 Å². The van der Waals surface area contributed by atoms with Crippen molar-refractivity contribution in [3.8, 4) is 6.07 Å². The van der Waals surface area contributed by atoms with Gasteiger partial charge in [-0.1, -0.05) is 30.3 Å². The number of H-pyrrole nitrogens is 1. The van der Waals surface area contributed by atoms with Crippen LogP contribution in [0.2, 0.25) is 0 Å². The van der Waals surface area contributed by atoms with Gasteiger partial charge >= 0.3 is 0 Å². The molecule has 1 heterocycles. The highest BCUT2D eigenvalue weighted by Crippen LogP contribution is 2.31. The number of fused-ring (bicyclic) bond motifs is 1. The number of nitro groups is 1. The van der Waals surface area contributed by atoms with Gasteiger partial charge in [-0.3, -0.25) is 10.1 Å². The highest BCUT2D eigenvalue weighted by atomic mass is 16.6. The maximum absolute atomic E-state index is 11.1. The Hall–Kier alpha value is -3.13. The Bertz CT molecular complexity index is 862. The Morgan fingerprint density at radius 2 is 2.00 bits per heavy atom. The fourth-order valence-electron chi connectivity index (χ4n) is 2.72. The number of rotatable bonds is 4. The number of hydrogen-bond donors (Lipinski definition) is 1. The lowest BCUT2D eigenvalue weighted by molar-refractivity contribution is -0.481. The van der Waals surface area contributed by atoms with Crippen LogP contribution >= 0.6 is 0 Å². The minimum absolute atomic E-state index is 0.187. The third kappa shape index (κ3) is 2.54. The third-order valence-corrected chi connectivity index (χ3v) is 3.75. The van der Waals surface area contributed by atoms with Crippen LogP contribution in [0.4, 0.5) is 0 Å². The molecule has 1 atom stereocenters. The van der Waals surface area contributed by atoms with Gasteiger partial charge in [0.15, 0.2) is 0 Å². The van der Waals surface area contributed by atoms with E-state index in [1.807, 2.05) is 36.4 Å². The van der Waals surface area contributed by atoms with Gasteiger partial charge in [0.25, 0.3) is 0 Å². The molecule has 1 N–H and O–H groups in total. The largest absolute Gasteiger partial charge is 0.361 e. The van der Waals surface area contributed by atoms with Crippen molar-refractivity contribution in [3.63, 3.8) is 0 Å². The molecule has 1 unspecified atom stereocenters. The number of aromatic nitrogens is 1. The number of nitrogens with zero attached hydrogens (tertiary/aromatic N) is 2. The normalized spacial score (nSPS) is 12.0. The van der Waals surface area contributed by atoms with E-state index in [9.17, 15) is 10.1 Å². The predicted molar refractivity (Wildman–Crippen MR) is 83.2 cm³/mol. The minimum atomic E-state index is -0.348. The van der Waals surface area contributed by atoms with E-state index in [1.54, 1.807) is 18.3 Å². The molecule has 0 spiro atoms. The van der Waals surface area contributed by atoms with Gasteiger partial charge in [0.05, 0.1) is 17.6 Å². The lowest BCUT2D eigenvalue weighted by Crippen LogP contribution is -2.13. The summed E-state index contributed by atoms with van der Waals surface area (Å²) in [5, 5.41) is 21.0. The molecular weight excluding hydrogens is 278 g/mol. The fourth-order valence-corrected chi connectivity index (χ4v) is 2.72. The van der Waals surface area contributed by atoms with Crippen LogP contribution in [-0.4, -0.2) is 16.5 Å². The average Bonchev–Trinajstić information content (AvgIpc) is 2.96. The molecule has 5 heteroatoms. The van der Waals surface area contributed by atoms with Crippen molar-refractivity contribution in [2.45, 2.75) is 5.92 Å². The zero-order valence-electron chi connectivity index (χ0n) is 11.7. The van der Waals surface area contributed by atoms with Crippen molar-refractivity contribution < 1.29 is 4.92 Å². The van der Waals surface area contributed by atoms with E-state index in [2.05, 4.69) is 11.1 Å². The van der Waals surface area contributed by atoms with E-state index in [1.165, 1.54) is 0 Å². The summed E-state index contributed by atoms with van der Waals surface area (Å²) in [6.45, 7) is -0.187. The van der Waals surface area contributed by atoms with Crippen LogP contribution in [0.1, 0.15) is 22.6 Å². The number of aromatic amines is 1. The molecule has 0 bridgehead atoms. The first-order chi connectivity index (χ1) is 10.7. The quantitative estimate of drug-likeness (QED) is 0.590. The van der Waals surface area contributed by atoms with Gasteiger partial charge in [-0.25, -0.2) is 0 Å². The van der Waals surface area contributed by atoms with Crippen LogP contribution in [-0.2, 0) is 0 Å². The Morgan fingerprint density at radius 3 is 2.68 bits per heavy atom. The van der Waals surface area contributed by atoms with Gasteiger partial charge in [-0.05, 0) is 29.3 Å². The summed E-state index contributed by atoms with van der Waals surface area (Å²) in [5.41, 5.74) is 3.15. The fraction of sp³-hybridized carbons (Fsp3) is 0.118. The lowest BCUT2D eigenvalue weighted by Gasteiger charge is -2.12. The minimum Gasteiger partial charge on any atom is -0.361 e. The summed E-state index contributed by atoms with van der Waals surface area (Å²) < 4.78 is 0. The maximum atomic E-state index is 11.1. The maximum Gasteiger partial charge on any atom is 0.214 e. The Morgan fingerprint density at radius 1 is 1.23 bits per heavy atom. The number of hydrogen-bond acceptors (Lipinski definition) is 3. The molecule has 22 heavy (non-hydrogen) atoms. The standard InChI is InChI=1S/C17H13N3O2/c18-9-12-6-7-17-14(8-12)15(10-19-17)16(11-20(21)22)13-4-2-1-3-5-13/h1-8,10,16,19H,11H2. The van der Waals surface area contributed by atoms with E-state index in [-0.39, 0.29) is 17.4 Å². The highest BCUT2D eigenvalue weighted by Gasteiger charge is 2.23. The Balaban J connectivity index is 2.16. The zero-order chi connectivity index (χ0) is 15.5. The van der Waals surface area contributed by atoms with Crippen molar-refractivity contribution in [1.82, 2.24) is 4.98 Å². The highest BCUT2D eigenvalue weighted by molar-refractivity contribution is 5.85. The summed E-state index contributed by atoms with van der Waals surface area (Å²) in [6.07, 6.45) is 1.80. The Kier molecular flexibility index (Phi) is 3.58. The Labute approximate surface area is 127 Å². The van der Waals surface area contributed by atoms with Gasteiger partial charge in [0.1, 0.15) is 0 Å². The summed E-state index contributed by atoms with van der Waals surface area (Å²) in [4.78, 5) is 13.9. The van der Waals surface area contributed by atoms with Gasteiger partial charge in [0.2, 0.25) is 6.54 Å². The van der Waals surface area contributed by atoms with E-state index in [0.717, 1.165) is 22.0 Å². The second-order valence-corrected chi connectivity index (χ2v) is 5.09. The molecule has 0 radical (unpaired) electrons. The van der Waals surface area contributed by atoms with Gasteiger partial charge in [-0.15, -0.1) is 0 Å². The van der Waals surface area contributed by atoms with Gasteiger partial charge in [0, 0.05) is 22.0 Å². The molecule has 1 aromatic heterocycles. The number of benzene rings is 2. The molecule has 0 fully saturated rings. The molecule has 0 saturated heterocycles. The first kappa shape index (κ1) is 13.8. The molecule has 3 aromatic rings. The van der Waals surface area contributed by atoms with Crippen molar-refractivity contribution in [2.24, 2.45) is 0 Å². The monoisotopic (exact) mass is 291 g/mol. The van der Waals surface area contributed by atoms with E-state index in [4.69, 9.17) is 5.26 Å². The smallest absolute Gasteiger partial charge is 0.214 e. The van der Waals surface area contributed by atoms with Crippen LogP contribution in [0.3, 0.4) is 0 Å². The molecule has 0 saturated carbocycles. The number of nitrogens with one attached hydrogen (secondary N) is 1. The number of nitriles is 1. The predicted octanol–water partition coefficient (Wildman–Crippen LogP) is 3.45. The third-order valence-electron chi connectivity index (χ3n) is 3.75. The van der Waals surface area contributed by atoms with Crippen molar-refractivity contribution in [3.05, 3.63) is 81.5 Å². The topological polar surface area (TPSA) is 82.7 Å². The van der Waals surface area contributed by atoms with Crippen LogP contribution in [0.5, 0.6) is 0 Å². The molecule has 0 aliphatic carbocycles. The van der Waals surface area contributed by atoms with Crippen LogP contribution in [0, 0.1) is 21.4 Å². The van der Waals surface area contributed by atoms with Gasteiger partial charge < -0.3 is 4.98 Å². The SMILES string of the molecule is N#Cc1ccc2[nH]cc(C(C[N+](=O)[O-])c3ccccc3)c2c1. The summed E-state index contributed by atoms with van der Waals surface area (Å²) in [7, 11) is 0. The second-order valence-electron chi connectivity index (χ2n) is 5.09. The summed E-state index contributed by atoms with van der Waals surface area (Å²) in [6, 6.07) is 16.8. The van der Waals surface area contributed by atoms with Crippen LogP contribution < -0.4 is 0 Å². The van der Waals surface area contributed by atoms with Gasteiger partial charge in [-0.2, -0.15) is 5.26 Å². The van der Waals surface area contributed by atoms with E-state index >= 15 is 0 Å². The summed E-state index contributed by atoms with van der Waals surface area (Å²) in [5.74, 6) is -0.348. The first-order valence-corrected chi connectivity index (χ1v) is 6.87. The second kappa shape index (κ2) is 5.70. The molecule has 108 valence electrons. The van der Waals surface area contributed by atoms with Crippen molar-refractivity contribution in [2.75, 3.05) is 6.54 Å². The van der Waals surface area contributed by atoms with Crippen molar-refractivity contribution >= 4 is 10.9 Å². The molecule has 0 amide bonds. The zero-order valence-corrected chi connectivity index (χ0v) is 11.7. The molecule has 0 aliphatic rings. The molecular formula is C17H13N3O2. The molecule has 5 nitrogen and oxygen atoms in total. The van der Waals surface area contributed by atoms with E-state index < -0.39 is 0 Å². The molecule has 3 rings (SSSR count). The first-order valence-electron chi connectivity index (χ1n) is 6.87. The van der Waals surface area contributed by atoms with Crippen LogP contribution in [0.25, 0.3) is 10.9 Å². The van der Waals surface area contributed by atoms with E-state index in [0.29, 0.717) is 5.56 Å². The lowest BCUT2D eigenvalue weighted by atomic mass is 9.91.